The van der Waals surface area contributed by atoms with Crippen molar-refractivity contribution in [1.29, 1.82) is 0 Å². The molecule has 3 nitrogen and oxygen atoms in total. The van der Waals surface area contributed by atoms with Crippen LogP contribution in [-0.4, -0.2) is 41.9 Å². The molecule has 0 radical (unpaired) electrons. The van der Waals surface area contributed by atoms with Gasteiger partial charge in [0.15, 0.2) is 0 Å². The average molecular weight is 264 g/mol. The van der Waals surface area contributed by atoms with Gasteiger partial charge in [0.25, 0.3) is 0 Å². The molecule has 18 heavy (non-hydrogen) atoms. The zero-order valence-electron chi connectivity index (χ0n) is 10.8. The first kappa shape index (κ1) is 13.4. The van der Waals surface area contributed by atoms with Crippen molar-refractivity contribution in [2.45, 2.75) is 13.0 Å². The van der Waals surface area contributed by atoms with Gasteiger partial charge in [0.1, 0.15) is 6.04 Å². The minimum Gasteiger partial charge on any atom is -0.355 e. The molecule has 1 aromatic carbocycles. The Morgan fingerprint density at radius 2 is 2.00 bits per heavy atom. The summed E-state index contributed by atoms with van der Waals surface area (Å²) in [5, 5.41) is 2.95. The second-order valence-electron chi connectivity index (χ2n) is 4.36. The van der Waals surface area contributed by atoms with E-state index in [1.807, 2.05) is 49.0 Å². The molecule has 1 saturated heterocycles. The van der Waals surface area contributed by atoms with Crippen molar-refractivity contribution in [2.75, 3.05) is 31.1 Å². The van der Waals surface area contributed by atoms with Crippen LogP contribution in [0.15, 0.2) is 30.3 Å². The maximum atomic E-state index is 12.3. The summed E-state index contributed by atoms with van der Waals surface area (Å²) >= 11 is 1.96. The molecule has 98 valence electrons. The highest BCUT2D eigenvalue weighted by Gasteiger charge is 2.28. The van der Waals surface area contributed by atoms with Crippen molar-refractivity contribution in [3.63, 3.8) is 0 Å². The second kappa shape index (κ2) is 6.81. The van der Waals surface area contributed by atoms with E-state index in [1.54, 1.807) is 0 Å². The number of hydrogen-bond acceptors (Lipinski definition) is 3. The van der Waals surface area contributed by atoms with Crippen LogP contribution in [0.1, 0.15) is 18.5 Å². The van der Waals surface area contributed by atoms with Crippen molar-refractivity contribution >= 4 is 17.7 Å². The van der Waals surface area contributed by atoms with Crippen LogP contribution < -0.4 is 5.32 Å². The first-order valence-electron chi connectivity index (χ1n) is 6.47. The Morgan fingerprint density at radius 1 is 1.33 bits per heavy atom. The molecular formula is C14H20N2OS. The molecule has 1 aliphatic rings. The second-order valence-corrected chi connectivity index (χ2v) is 5.58. The number of nitrogens with one attached hydrogen (secondary N) is 1. The fourth-order valence-corrected chi connectivity index (χ4v) is 3.20. The van der Waals surface area contributed by atoms with E-state index in [9.17, 15) is 4.79 Å². The van der Waals surface area contributed by atoms with E-state index >= 15 is 0 Å². The average Bonchev–Trinajstić information content (AvgIpc) is 2.42. The normalized spacial score (nSPS) is 18.3. The number of benzene rings is 1. The molecule has 0 aromatic heterocycles. The summed E-state index contributed by atoms with van der Waals surface area (Å²) in [6, 6.07) is 9.95. The Bertz CT molecular complexity index is 377. The van der Waals surface area contributed by atoms with Crippen LogP contribution in [-0.2, 0) is 4.79 Å². The van der Waals surface area contributed by atoms with E-state index in [0.29, 0.717) is 6.54 Å². The largest absolute Gasteiger partial charge is 0.355 e. The first-order chi connectivity index (χ1) is 8.83. The number of amides is 1. The van der Waals surface area contributed by atoms with Gasteiger partial charge >= 0.3 is 0 Å². The summed E-state index contributed by atoms with van der Waals surface area (Å²) in [5.74, 6) is 2.35. The molecular weight excluding hydrogens is 244 g/mol. The van der Waals surface area contributed by atoms with Gasteiger partial charge in [0.2, 0.25) is 5.91 Å². The number of likely N-dealkylation sites (N-methyl/N-ethyl adjacent to an activating group) is 1. The molecule has 2 rings (SSSR count). The van der Waals surface area contributed by atoms with Gasteiger partial charge < -0.3 is 5.32 Å². The van der Waals surface area contributed by atoms with Gasteiger partial charge in [-0.1, -0.05) is 30.3 Å². The Hall–Kier alpha value is -1.00. The molecule has 0 aliphatic carbocycles. The molecule has 1 fully saturated rings. The van der Waals surface area contributed by atoms with Crippen LogP contribution in [0, 0.1) is 0 Å². The van der Waals surface area contributed by atoms with Gasteiger partial charge in [-0.15, -0.1) is 0 Å². The number of carbonyl (C=O) groups excluding carboxylic acids is 1. The highest BCUT2D eigenvalue weighted by Crippen LogP contribution is 2.24. The summed E-state index contributed by atoms with van der Waals surface area (Å²) in [6.45, 7) is 4.62. The molecule has 1 atom stereocenters. The Kier molecular flexibility index (Phi) is 5.08. The fraction of sp³-hybridized carbons (Fsp3) is 0.500. The van der Waals surface area contributed by atoms with E-state index in [2.05, 4.69) is 10.2 Å². The van der Waals surface area contributed by atoms with Crippen molar-refractivity contribution in [3.05, 3.63) is 35.9 Å². The third-order valence-electron chi connectivity index (χ3n) is 3.13. The minimum absolute atomic E-state index is 0.121. The maximum Gasteiger partial charge on any atom is 0.241 e. The standard InChI is InChI=1S/C14H20N2OS/c1-2-15-14(17)13(12-6-4-3-5-7-12)16-8-10-18-11-9-16/h3-7,13H,2,8-11H2,1H3,(H,15,17). The third-order valence-corrected chi connectivity index (χ3v) is 4.07. The van der Waals surface area contributed by atoms with Crippen LogP contribution in [0.2, 0.25) is 0 Å². The summed E-state index contributed by atoms with van der Waals surface area (Å²) in [6.07, 6.45) is 0. The molecule has 0 saturated carbocycles. The van der Waals surface area contributed by atoms with Crippen molar-refractivity contribution in [3.8, 4) is 0 Å². The summed E-state index contributed by atoms with van der Waals surface area (Å²) < 4.78 is 0. The molecule has 1 N–H and O–H groups in total. The number of thioether (sulfide) groups is 1. The number of hydrogen-bond donors (Lipinski definition) is 1. The lowest BCUT2D eigenvalue weighted by atomic mass is 10.0. The Balaban J connectivity index is 2.19. The molecule has 1 heterocycles. The van der Waals surface area contributed by atoms with Crippen molar-refractivity contribution < 1.29 is 4.79 Å². The lowest BCUT2D eigenvalue weighted by Crippen LogP contribution is -2.44. The zero-order chi connectivity index (χ0) is 12.8. The highest BCUT2D eigenvalue weighted by atomic mass is 32.2. The van der Waals surface area contributed by atoms with Crippen molar-refractivity contribution in [1.82, 2.24) is 10.2 Å². The Morgan fingerprint density at radius 3 is 2.61 bits per heavy atom. The molecule has 1 aliphatic heterocycles. The van der Waals surface area contributed by atoms with Gasteiger partial charge in [0.05, 0.1) is 0 Å². The minimum atomic E-state index is -0.132. The quantitative estimate of drug-likeness (QED) is 0.901. The Labute approximate surface area is 113 Å². The van der Waals surface area contributed by atoms with Gasteiger partial charge in [-0.2, -0.15) is 11.8 Å². The van der Waals surface area contributed by atoms with Gasteiger partial charge in [-0.3, -0.25) is 9.69 Å². The van der Waals surface area contributed by atoms with E-state index in [0.717, 1.165) is 30.2 Å². The molecule has 1 aromatic rings. The van der Waals surface area contributed by atoms with Gasteiger partial charge in [-0.25, -0.2) is 0 Å². The predicted molar refractivity (Wildman–Crippen MR) is 76.8 cm³/mol. The topological polar surface area (TPSA) is 32.3 Å². The summed E-state index contributed by atoms with van der Waals surface area (Å²) in [5.41, 5.74) is 1.09. The van der Waals surface area contributed by atoms with E-state index in [1.165, 1.54) is 0 Å². The van der Waals surface area contributed by atoms with E-state index in [-0.39, 0.29) is 11.9 Å². The number of carbonyl (C=O) groups is 1. The van der Waals surface area contributed by atoms with Crippen LogP contribution in [0.5, 0.6) is 0 Å². The predicted octanol–water partition coefficient (Wildman–Crippen LogP) is 1.91. The lowest BCUT2D eigenvalue weighted by molar-refractivity contribution is -0.126. The van der Waals surface area contributed by atoms with Crippen LogP contribution in [0.4, 0.5) is 0 Å². The first-order valence-corrected chi connectivity index (χ1v) is 7.63. The van der Waals surface area contributed by atoms with Gasteiger partial charge in [0, 0.05) is 31.1 Å². The third kappa shape index (κ3) is 3.27. The van der Waals surface area contributed by atoms with Crippen LogP contribution >= 0.6 is 11.8 Å². The fourth-order valence-electron chi connectivity index (χ4n) is 2.27. The van der Waals surface area contributed by atoms with E-state index in [4.69, 9.17) is 0 Å². The summed E-state index contributed by atoms with van der Waals surface area (Å²) in [4.78, 5) is 14.6. The molecule has 4 heteroatoms. The van der Waals surface area contributed by atoms with Crippen LogP contribution in [0.3, 0.4) is 0 Å². The molecule has 1 unspecified atom stereocenters. The number of nitrogens with zero attached hydrogens (tertiary/aromatic N) is 1. The number of rotatable bonds is 4. The lowest BCUT2D eigenvalue weighted by Gasteiger charge is -2.33. The highest BCUT2D eigenvalue weighted by molar-refractivity contribution is 7.99. The molecule has 1 amide bonds. The monoisotopic (exact) mass is 264 g/mol. The van der Waals surface area contributed by atoms with Crippen LogP contribution in [0.25, 0.3) is 0 Å². The van der Waals surface area contributed by atoms with Gasteiger partial charge in [-0.05, 0) is 12.5 Å². The molecule has 0 spiro atoms. The zero-order valence-corrected chi connectivity index (χ0v) is 11.6. The SMILES string of the molecule is CCNC(=O)C(c1ccccc1)N1CCSCC1. The maximum absolute atomic E-state index is 12.3. The van der Waals surface area contributed by atoms with Crippen molar-refractivity contribution in [2.24, 2.45) is 0 Å². The summed E-state index contributed by atoms with van der Waals surface area (Å²) in [7, 11) is 0. The smallest absolute Gasteiger partial charge is 0.241 e. The molecule has 0 bridgehead atoms. The van der Waals surface area contributed by atoms with E-state index < -0.39 is 0 Å².